The van der Waals surface area contributed by atoms with Crippen molar-refractivity contribution in [3.63, 3.8) is 0 Å². The lowest BCUT2D eigenvalue weighted by molar-refractivity contribution is 0.398. The average molecular weight is 229 g/mol. The second kappa shape index (κ2) is 5.21. The van der Waals surface area contributed by atoms with E-state index in [4.69, 9.17) is 16.3 Å². The number of alkyl halides is 1. The molecule has 0 saturated heterocycles. The second-order valence-electron chi connectivity index (χ2n) is 3.76. The number of nitrogens with one attached hydrogen (secondary N) is 1. The summed E-state index contributed by atoms with van der Waals surface area (Å²) >= 11 is 5.92. The largest absolute Gasteiger partial charge is 0.481 e. The number of hydrogen-bond acceptors (Lipinski definition) is 3. The Balaban J connectivity index is 2.79. The lowest BCUT2D eigenvalue weighted by Crippen LogP contribution is -2.35. The number of methoxy groups -OCH3 is 1. The summed E-state index contributed by atoms with van der Waals surface area (Å²) in [5.74, 6) is 1.17. The first-order valence-electron chi connectivity index (χ1n) is 4.98. The molecule has 0 bridgehead atoms. The molecule has 15 heavy (non-hydrogen) atoms. The van der Waals surface area contributed by atoms with Gasteiger partial charge in [-0.15, -0.1) is 11.6 Å². The molecule has 0 aliphatic carbocycles. The van der Waals surface area contributed by atoms with E-state index in [0.29, 0.717) is 11.8 Å². The first-order chi connectivity index (χ1) is 7.13. The minimum Gasteiger partial charge on any atom is -0.481 e. The topological polar surface area (TPSA) is 34.2 Å². The molecule has 4 heteroatoms. The zero-order valence-electron chi connectivity index (χ0n) is 9.38. The van der Waals surface area contributed by atoms with Gasteiger partial charge in [0.1, 0.15) is 0 Å². The van der Waals surface area contributed by atoms with Gasteiger partial charge in [-0.3, -0.25) is 0 Å². The quantitative estimate of drug-likeness (QED) is 0.787. The van der Waals surface area contributed by atoms with Crippen LogP contribution in [0.2, 0.25) is 0 Å². The molecule has 0 spiro atoms. The standard InChI is InChI=1S/C11H17ClN2O/c1-4-11(2,8-12)14-9-5-6-13-10(7-9)15-3/h5-7H,4,8H2,1-3H3,(H,13,14). The Morgan fingerprint density at radius 3 is 2.87 bits per heavy atom. The number of pyridine rings is 1. The maximum Gasteiger partial charge on any atom is 0.214 e. The average Bonchev–Trinajstić information content (AvgIpc) is 2.29. The van der Waals surface area contributed by atoms with Crippen molar-refractivity contribution >= 4 is 17.3 Å². The molecule has 1 aromatic heterocycles. The molecule has 3 nitrogen and oxygen atoms in total. The molecule has 0 fully saturated rings. The lowest BCUT2D eigenvalue weighted by Gasteiger charge is -2.28. The zero-order chi connectivity index (χ0) is 11.3. The summed E-state index contributed by atoms with van der Waals surface area (Å²) in [5.41, 5.74) is 0.889. The summed E-state index contributed by atoms with van der Waals surface area (Å²) in [4.78, 5) is 4.04. The molecule has 1 unspecified atom stereocenters. The fourth-order valence-corrected chi connectivity index (χ4v) is 1.42. The van der Waals surface area contributed by atoms with E-state index in [1.807, 2.05) is 12.1 Å². The van der Waals surface area contributed by atoms with Crippen LogP contribution in [0.4, 0.5) is 5.69 Å². The van der Waals surface area contributed by atoms with Crippen LogP contribution in [0.5, 0.6) is 5.88 Å². The Hall–Kier alpha value is -0.960. The number of rotatable bonds is 5. The van der Waals surface area contributed by atoms with Crippen molar-refractivity contribution in [3.8, 4) is 5.88 Å². The molecule has 0 amide bonds. The zero-order valence-corrected chi connectivity index (χ0v) is 10.1. The van der Waals surface area contributed by atoms with E-state index in [1.54, 1.807) is 13.3 Å². The van der Waals surface area contributed by atoms with Crippen molar-refractivity contribution in [1.82, 2.24) is 4.98 Å². The summed E-state index contributed by atoms with van der Waals surface area (Å²) in [6.07, 6.45) is 2.67. The van der Waals surface area contributed by atoms with Crippen LogP contribution in [0.3, 0.4) is 0 Å². The summed E-state index contributed by atoms with van der Waals surface area (Å²) in [6.45, 7) is 4.20. The van der Waals surface area contributed by atoms with Gasteiger partial charge in [0.05, 0.1) is 7.11 Å². The first-order valence-corrected chi connectivity index (χ1v) is 5.51. The summed E-state index contributed by atoms with van der Waals surface area (Å²) < 4.78 is 5.05. The summed E-state index contributed by atoms with van der Waals surface area (Å²) in [5, 5.41) is 3.38. The van der Waals surface area contributed by atoms with Gasteiger partial charge in [-0.25, -0.2) is 4.98 Å². The summed E-state index contributed by atoms with van der Waals surface area (Å²) in [6, 6.07) is 3.77. The first kappa shape index (κ1) is 12.1. The Morgan fingerprint density at radius 1 is 1.60 bits per heavy atom. The van der Waals surface area contributed by atoms with Crippen LogP contribution in [0.25, 0.3) is 0 Å². The molecule has 1 N–H and O–H groups in total. The van der Waals surface area contributed by atoms with E-state index < -0.39 is 0 Å². The van der Waals surface area contributed by atoms with Gasteiger partial charge in [0.2, 0.25) is 5.88 Å². The van der Waals surface area contributed by atoms with E-state index in [1.165, 1.54) is 0 Å². The molecule has 1 atom stereocenters. The molecule has 0 aromatic carbocycles. The third-order valence-corrected chi connectivity index (χ3v) is 3.06. The molecule has 1 heterocycles. The SMILES string of the molecule is CCC(C)(CCl)Nc1ccnc(OC)c1. The normalized spacial score (nSPS) is 14.4. The van der Waals surface area contributed by atoms with Gasteiger partial charge in [-0.05, 0) is 19.4 Å². The minimum atomic E-state index is -0.0894. The lowest BCUT2D eigenvalue weighted by atomic mass is 10.0. The van der Waals surface area contributed by atoms with Crippen molar-refractivity contribution in [2.24, 2.45) is 0 Å². The van der Waals surface area contributed by atoms with Crippen molar-refractivity contribution in [3.05, 3.63) is 18.3 Å². The van der Waals surface area contributed by atoms with Gasteiger partial charge in [-0.1, -0.05) is 6.92 Å². The Morgan fingerprint density at radius 2 is 2.33 bits per heavy atom. The molecule has 1 rings (SSSR count). The number of halogens is 1. The monoisotopic (exact) mass is 228 g/mol. The Bertz CT molecular complexity index is 313. The van der Waals surface area contributed by atoms with Crippen molar-refractivity contribution in [1.29, 1.82) is 0 Å². The Kier molecular flexibility index (Phi) is 4.21. The van der Waals surface area contributed by atoms with Crippen LogP contribution < -0.4 is 10.1 Å². The van der Waals surface area contributed by atoms with Gasteiger partial charge in [0.15, 0.2) is 0 Å². The van der Waals surface area contributed by atoms with E-state index in [0.717, 1.165) is 12.1 Å². The molecule has 0 aliphatic rings. The molecular weight excluding hydrogens is 212 g/mol. The van der Waals surface area contributed by atoms with Crippen molar-refractivity contribution < 1.29 is 4.74 Å². The Labute approximate surface area is 95.8 Å². The fraction of sp³-hybridized carbons (Fsp3) is 0.545. The highest BCUT2D eigenvalue weighted by Gasteiger charge is 2.20. The van der Waals surface area contributed by atoms with Gasteiger partial charge in [-0.2, -0.15) is 0 Å². The van der Waals surface area contributed by atoms with Gasteiger partial charge < -0.3 is 10.1 Å². The fourth-order valence-electron chi connectivity index (χ4n) is 1.16. The van der Waals surface area contributed by atoms with Crippen LogP contribution in [0, 0.1) is 0 Å². The highest BCUT2D eigenvalue weighted by Crippen LogP contribution is 2.21. The highest BCUT2D eigenvalue weighted by molar-refractivity contribution is 6.18. The highest BCUT2D eigenvalue weighted by atomic mass is 35.5. The third kappa shape index (κ3) is 3.27. The predicted octanol–water partition coefficient (Wildman–Crippen LogP) is 2.91. The third-order valence-electron chi connectivity index (χ3n) is 2.47. The number of aromatic nitrogens is 1. The number of ether oxygens (including phenoxy) is 1. The van der Waals surface area contributed by atoms with E-state index in [-0.39, 0.29) is 5.54 Å². The molecule has 84 valence electrons. The molecule has 0 aliphatic heterocycles. The second-order valence-corrected chi connectivity index (χ2v) is 4.03. The van der Waals surface area contributed by atoms with Crippen molar-refractivity contribution in [2.75, 3.05) is 18.3 Å². The van der Waals surface area contributed by atoms with Gasteiger partial charge in [0, 0.05) is 29.4 Å². The van der Waals surface area contributed by atoms with Crippen LogP contribution in [-0.2, 0) is 0 Å². The number of hydrogen-bond donors (Lipinski definition) is 1. The van der Waals surface area contributed by atoms with E-state index in [9.17, 15) is 0 Å². The van der Waals surface area contributed by atoms with Crippen molar-refractivity contribution in [2.45, 2.75) is 25.8 Å². The molecular formula is C11H17ClN2O. The van der Waals surface area contributed by atoms with Crippen LogP contribution in [0.1, 0.15) is 20.3 Å². The van der Waals surface area contributed by atoms with E-state index >= 15 is 0 Å². The maximum absolute atomic E-state index is 5.92. The van der Waals surface area contributed by atoms with Crippen LogP contribution in [-0.4, -0.2) is 23.5 Å². The van der Waals surface area contributed by atoms with Gasteiger partial charge >= 0.3 is 0 Å². The summed E-state index contributed by atoms with van der Waals surface area (Å²) in [7, 11) is 1.60. The molecule has 0 saturated carbocycles. The van der Waals surface area contributed by atoms with Crippen LogP contribution in [0.15, 0.2) is 18.3 Å². The predicted molar refractivity (Wildman–Crippen MR) is 63.8 cm³/mol. The smallest absolute Gasteiger partial charge is 0.214 e. The number of nitrogens with zero attached hydrogens (tertiary/aromatic N) is 1. The minimum absolute atomic E-state index is 0.0894. The molecule has 0 radical (unpaired) electrons. The van der Waals surface area contributed by atoms with Crippen LogP contribution >= 0.6 is 11.6 Å². The van der Waals surface area contributed by atoms with Gasteiger partial charge in [0.25, 0.3) is 0 Å². The van der Waals surface area contributed by atoms with E-state index in [2.05, 4.69) is 24.1 Å². The maximum atomic E-state index is 5.92. The number of anilines is 1. The molecule has 1 aromatic rings.